The molecular formula is C26H18Cl5F2NO2. The fourth-order valence-corrected chi connectivity index (χ4v) is 5.54. The second-order valence-electron chi connectivity index (χ2n) is 8.44. The van der Waals surface area contributed by atoms with Gasteiger partial charge < -0.3 is 5.32 Å². The summed E-state index contributed by atoms with van der Waals surface area (Å²) in [6.45, 7) is 1.62. The second kappa shape index (κ2) is 10.5. The standard InChI is InChI=1S/C26H18Cl5F2NO2/c1-2-15-20(32)8-4-13(24(15)33)10-21(35)16-11-14(5-7-17(16)27)34-25(36)23-22(26(23,30)31)12-3-6-18(28)19(29)9-12/h3-9,11,22-23H,2,10H2,1H3,(H,34,36)/t22-,23+/m0/s1. The summed E-state index contributed by atoms with van der Waals surface area (Å²) in [5.41, 5.74) is 0.996. The number of Topliss-reactive ketones (excluding diaryl/α,β-unsaturated/α-hetero) is 1. The molecule has 4 rings (SSSR count). The van der Waals surface area contributed by atoms with Gasteiger partial charge in [-0.05, 0) is 53.9 Å². The Kier molecular flexibility index (Phi) is 7.89. The third-order valence-electron chi connectivity index (χ3n) is 6.14. The molecule has 188 valence electrons. The minimum atomic E-state index is -1.36. The summed E-state index contributed by atoms with van der Waals surface area (Å²) in [4.78, 5) is 25.9. The molecule has 3 aromatic carbocycles. The van der Waals surface area contributed by atoms with Crippen LogP contribution in [0, 0.1) is 17.6 Å². The van der Waals surface area contributed by atoms with Gasteiger partial charge in [0.15, 0.2) is 5.78 Å². The summed E-state index contributed by atoms with van der Waals surface area (Å²) in [5.74, 6) is -3.68. The lowest BCUT2D eigenvalue weighted by atomic mass is 9.99. The van der Waals surface area contributed by atoms with E-state index in [9.17, 15) is 18.4 Å². The van der Waals surface area contributed by atoms with E-state index < -0.39 is 39.5 Å². The Morgan fingerprint density at radius 1 is 0.944 bits per heavy atom. The van der Waals surface area contributed by atoms with Crippen molar-refractivity contribution in [2.24, 2.45) is 5.92 Å². The maximum Gasteiger partial charge on any atom is 0.231 e. The number of nitrogens with one attached hydrogen (secondary N) is 1. The molecule has 0 unspecified atom stereocenters. The van der Waals surface area contributed by atoms with Gasteiger partial charge in [-0.15, -0.1) is 23.2 Å². The lowest BCUT2D eigenvalue weighted by Crippen LogP contribution is -2.17. The first-order valence-corrected chi connectivity index (χ1v) is 12.8. The summed E-state index contributed by atoms with van der Waals surface area (Å²) in [5, 5.41) is 3.51. The number of amides is 1. The molecular weight excluding hydrogens is 574 g/mol. The monoisotopic (exact) mass is 589 g/mol. The molecule has 1 saturated carbocycles. The maximum atomic E-state index is 14.6. The van der Waals surface area contributed by atoms with Gasteiger partial charge in [-0.3, -0.25) is 9.59 Å². The van der Waals surface area contributed by atoms with E-state index in [-0.39, 0.29) is 40.2 Å². The van der Waals surface area contributed by atoms with Crippen molar-refractivity contribution in [3.05, 3.63) is 97.5 Å². The molecule has 10 heteroatoms. The zero-order valence-electron chi connectivity index (χ0n) is 18.6. The molecule has 0 saturated heterocycles. The Hall–Kier alpha value is -1.89. The number of anilines is 1. The van der Waals surface area contributed by atoms with E-state index in [1.165, 1.54) is 24.3 Å². The summed E-state index contributed by atoms with van der Waals surface area (Å²) >= 11 is 31.1. The van der Waals surface area contributed by atoms with Gasteiger partial charge in [0.25, 0.3) is 0 Å². The number of ketones is 1. The highest BCUT2D eigenvalue weighted by atomic mass is 35.5. The molecule has 2 atom stereocenters. The van der Waals surface area contributed by atoms with Crippen molar-refractivity contribution >= 4 is 75.4 Å². The van der Waals surface area contributed by atoms with Crippen molar-refractivity contribution in [3.8, 4) is 0 Å². The van der Waals surface area contributed by atoms with Crippen LogP contribution in [-0.2, 0) is 17.6 Å². The molecule has 0 bridgehead atoms. The van der Waals surface area contributed by atoms with Gasteiger partial charge in [-0.2, -0.15) is 0 Å². The summed E-state index contributed by atoms with van der Waals surface area (Å²) in [6.07, 6.45) is -0.181. The number of rotatable bonds is 7. The normalized spacial score (nSPS) is 18.1. The van der Waals surface area contributed by atoms with Gasteiger partial charge in [-0.1, -0.05) is 53.9 Å². The lowest BCUT2D eigenvalue weighted by Gasteiger charge is -2.11. The Bertz CT molecular complexity index is 1380. The molecule has 3 aromatic rings. The molecule has 0 aromatic heterocycles. The Morgan fingerprint density at radius 2 is 1.64 bits per heavy atom. The number of hydrogen-bond acceptors (Lipinski definition) is 2. The van der Waals surface area contributed by atoms with E-state index in [0.717, 1.165) is 6.07 Å². The molecule has 1 aliphatic carbocycles. The third-order valence-corrected chi connectivity index (χ3v) is 8.15. The minimum Gasteiger partial charge on any atom is -0.326 e. The third kappa shape index (κ3) is 5.23. The first kappa shape index (κ1) is 27.2. The van der Waals surface area contributed by atoms with E-state index >= 15 is 0 Å². The molecule has 1 N–H and O–H groups in total. The lowest BCUT2D eigenvalue weighted by molar-refractivity contribution is -0.117. The number of carbonyl (C=O) groups excluding carboxylic acids is 2. The van der Waals surface area contributed by atoms with Crippen LogP contribution in [0.15, 0.2) is 48.5 Å². The molecule has 1 aliphatic rings. The van der Waals surface area contributed by atoms with Crippen LogP contribution < -0.4 is 5.32 Å². The Morgan fingerprint density at radius 3 is 2.31 bits per heavy atom. The van der Waals surface area contributed by atoms with Crippen LogP contribution in [-0.4, -0.2) is 16.0 Å². The van der Waals surface area contributed by atoms with Gasteiger partial charge in [0.05, 0.1) is 21.0 Å². The average Bonchev–Trinajstić information content (AvgIpc) is 3.41. The summed E-state index contributed by atoms with van der Waals surface area (Å²) < 4.78 is 27.1. The average molecular weight is 592 g/mol. The summed E-state index contributed by atoms with van der Waals surface area (Å²) in [6, 6.07) is 11.6. The zero-order chi connectivity index (χ0) is 26.4. The predicted molar refractivity (Wildman–Crippen MR) is 141 cm³/mol. The first-order valence-electron chi connectivity index (χ1n) is 10.9. The maximum absolute atomic E-state index is 14.6. The largest absolute Gasteiger partial charge is 0.326 e. The molecule has 0 aliphatic heterocycles. The first-order chi connectivity index (χ1) is 16.9. The van der Waals surface area contributed by atoms with Crippen LogP contribution in [0.5, 0.6) is 0 Å². The molecule has 0 heterocycles. The number of alkyl halides is 2. The van der Waals surface area contributed by atoms with Crippen LogP contribution in [0.3, 0.4) is 0 Å². The van der Waals surface area contributed by atoms with E-state index in [1.807, 2.05) is 0 Å². The van der Waals surface area contributed by atoms with Crippen molar-refractivity contribution in [1.29, 1.82) is 0 Å². The van der Waals surface area contributed by atoms with Crippen molar-refractivity contribution in [3.63, 3.8) is 0 Å². The van der Waals surface area contributed by atoms with Gasteiger partial charge in [0, 0.05) is 29.2 Å². The highest BCUT2D eigenvalue weighted by Crippen LogP contribution is 2.65. The van der Waals surface area contributed by atoms with Crippen LogP contribution >= 0.6 is 58.0 Å². The summed E-state index contributed by atoms with van der Waals surface area (Å²) in [7, 11) is 0. The molecule has 1 amide bonds. The fourth-order valence-electron chi connectivity index (χ4n) is 4.19. The van der Waals surface area contributed by atoms with Crippen LogP contribution in [0.4, 0.5) is 14.5 Å². The molecule has 1 fully saturated rings. The van der Waals surface area contributed by atoms with E-state index in [4.69, 9.17) is 58.0 Å². The van der Waals surface area contributed by atoms with Crippen LogP contribution in [0.25, 0.3) is 0 Å². The van der Waals surface area contributed by atoms with Gasteiger partial charge in [0.2, 0.25) is 5.91 Å². The van der Waals surface area contributed by atoms with E-state index in [1.54, 1.807) is 25.1 Å². The van der Waals surface area contributed by atoms with Crippen LogP contribution in [0.1, 0.15) is 39.9 Å². The van der Waals surface area contributed by atoms with Crippen molar-refractivity contribution < 1.29 is 18.4 Å². The molecule has 0 radical (unpaired) electrons. The Labute approximate surface area is 231 Å². The van der Waals surface area contributed by atoms with E-state index in [2.05, 4.69) is 5.32 Å². The SMILES string of the molecule is CCc1c(F)ccc(CC(=O)c2cc(NC(=O)[C@H]3[C@H](c4ccc(Cl)c(Cl)c4)C3(Cl)Cl)ccc2Cl)c1F. The number of halogens is 7. The van der Waals surface area contributed by atoms with Crippen LogP contribution in [0.2, 0.25) is 15.1 Å². The number of carbonyl (C=O) groups is 2. The van der Waals surface area contributed by atoms with Gasteiger partial charge in [0.1, 0.15) is 16.0 Å². The smallest absolute Gasteiger partial charge is 0.231 e. The van der Waals surface area contributed by atoms with Gasteiger partial charge >= 0.3 is 0 Å². The molecule has 3 nitrogen and oxygen atoms in total. The molecule has 0 spiro atoms. The molecule has 36 heavy (non-hydrogen) atoms. The zero-order valence-corrected chi connectivity index (χ0v) is 22.4. The minimum absolute atomic E-state index is 0.0558. The van der Waals surface area contributed by atoms with Crippen molar-refractivity contribution in [2.45, 2.75) is 30.0 Å². The topological polar surface area (TPSA) is 46.2 Å². The van der Waals surface area contributed by atoms with E-state index in [0.29, 0.717) is 15.6 Å². The highest BCUT2D eigenvalue weighted by Gasteiger charge is 2.67. The van der Waals surface area contributed by atoms with Crippen molar-refractivity contribution in [1.82, 2.24) is 0 Å². The number of benzene rings is 3. The predicted octanol–water partition coefficient (Wildman–Crippen LogP) is 8.44. The Balaban J connectivity index is 1.52. The second-order valence-corrected chi connectivity index (χ2v) is 11.1. The fraction of sp³-hybridized carbons (Fsp3) is 0.231. The quantitative estimate of drug-likeness (QED) is 0.221. The van der Waals surface area contributed by atoms with Gasteiger partial charge in [-0.25, -0.2) is 8.78 Å². The number of hydrogen-bond donors (Lipinski definition) is 1. The van der Waals surface area contributed by atoms with Crippen molar-refractivity contribution in [2.75, 3.05) is 5.32 Å². The highest BCUT2D eigenvalue weighted by molar-refractivity contribution is 6.53.